The van der Waals surface area contributed by atoms with E-state index in [2.05, 4.69) is 15.4 Å². The van der Waals surface area contributed by atoms with Crippen LogP contribution in [-0.2, 0) is 9.53 Å². The Morgan fingerprint density at radius 1 is 1.47 bits per heavy atom. The predicted octanol–water partition coefficient (Wildman–Crippen LogP) is 2.89. The summed E-state index contributed by atoms with van der Waals surface area (Å²) in [5, 5.41) is 7.26. The fourth-order valence-corrected chi connectivity index (χ4v) is 1.82. The van der Waals surface area contributed by atoms with Gasteiger partial charge in [-0.3, -0.25) is 4.79 Å². The maximum Gasteiger partial charge on any atom is 0.305 e. The molecule has 1 aromatic carbocycles. The molecular weight excluding hydrogens is 284 g/mol. The average molecular weight is 301 g/mol. The highest BCUT2D eigenvalue weighted by Gasteiger charge is 2.03. The fourth-order valence-electron chi connectivity index (χ4n) is 1.43. The first-order chi connectivity index (χ1) is 9.02. The number of hydrogen-bond acceptors (Lipinski definition) is 3. The summed E-state index contributed by atoms with van der Waals surface area (Å²) in [4.78, 5) is 10.9. The third-order valence-electron chi connectivity index (χ3n) is 2.52. The van der Waals surface area contributed by atoms with Crippen LogP contribution in [0.25, 0.3) is 0 Å². The van der Waals surface area contributed by atoms with E-state index in [4.69, 9.17) is 23.8 Å². The quantitative estimate of drug-likeness (QED) is 0.497. The minimum atomic E-state index is -0.216. The molecule has 0 saturated carbocycles. The maximum atomic E-state index is 10.9. The van der Waals surface area contributed by atoms with Crippen molar-refractivity contribution in [3.8, 4) is 0 Å². The molecule has 19 heavy (non-hydrogen) atoms. The molecule has 0 fully saturated rings. The van der Waals surface area contributed by atoms with Crippen LogP contribution in [0.2, 0.25) is 5.02 Å². The molecule has 0 aliphatic rings. The number of anilines is 1. The van der Waals surface area contributed by atoms with Gasteiger partial charge in [0.2, 0.25) is 0 Å². The van der Waals surface area contributed by atoms with Gasteiger partial charge < -0.3 is 15.4 Å². The van der Waals surface area contributed by atoms with Gasteiger partial charge in [-0.2, -0.15) is 0 Å². The van der Waals surface area contributed by atoms with Crippen molar-refractivity contribution >= 4 is 40.6 Å². The molecule has 0 aliphatic carbocycles. The lowest BCUT2D eigenvalue weighted by atomic mass is 10.2. The molecule has 0 heterocycles. The van der Waals surface area contributed by atoms with Crippen molar-refractivity contribution in [2.45, 2.75) is 19.8 Å². The zero-order chi connectivity index (χ0) is 14.3. The standard InChI is InChI=1S/C13H17ClN2O2S/c1-9-5-6-10(14)8-11(9)16-13(19)15-7-3-4-12(17)18-2/h5-6,8H,3-4,7H2,1-2H3,(H2,15,16,19). The molecule has 0 aromatic heterocycles. The number of rotatable bonds is 5. The van der Waals surface area contributed by atoms with Gasteiger partial charge in [-0.25, -0.2) is 0 Å². The van der Waals surface area contributed by atoms with E-state index in [1.54, 1.807) is 0 Å². The van der Waals surface area contributed by atoms with Gasteiger partial charge in [0.25, 0.3) is 0 Å². The minimum Gasteiger partial charge on any atom is -0.469 e. The molecule has 0 unspecified atom stereocenters. The Morgan fingerprint density at radius 3 is 2.89 bits per heavy atom. The summed E-state index contributed by atoms with van der Waals surface area (Å²) in [5.74, 6) is -0.216. The van der Waals surface area contributed by atoms with Crippen LogP contribution in [0.5, 0.6) is 0 Å². The molecule has 0 bridgehead atoms. The average Bonchev–Trinajstić information content (AvgIpc) is 2.38. The summed E-state index contributed by atoms with van der Waals surface area (Å²) >= 11 is 11.1. The Hall–Kier alpha value is -1.33. The number of halogens is 1. The highest BCUT2D eigenvalue weighted by molar-refractivity contribution is 7.80. The summed E-state index contributed by atoms with van der Waals surface area (Å²) < 4.78 is 4.55. The lowest BCUT2D eigenvalue weighted by Crippen LogP contribution is -2.29. The second kappa shape index (κ2) is 7.96. The summed E-state index contributed by atoms with van der Waals surface area (Å²) in [6.07, 6.45) is 1.05. The van der Waals surface area contributed by atoms with Crippen LogP contribution >= 0.6 is 23.8 Å². The number of carbonyl (C=O) groups excluding carboxylic acids is 1. The van der Waals surface area contributed by atoms with E-state index < -0.39 is 0 Å². The van der Waals surface area contributed by atoms with Gasteiger partial charge in [-0.05, 0) is 43.3 Å². The highest BCUT2D eigenvalue weighted by atomic mass is 35.5. The van der Waals surface area contributed by atoms with E-state index in [0.717, 1.165) is 11.3 Å². The summed E-state index contributed by atoms with van der Waals surface area (Å²) in [6, 6.07) is 5.57. The van der Waals surface area contributed by atoms with Crippen molar-refractivity contribution in [3.05, 3.63) is 28.8 Å². The van der Waals surface area contributed by atoms with Crippen molar-refractivity contribution < 1.29 is 9.53 Å². The molecule has 4 nitrogen and oxygen atoms in total. The normalized spacial score (nSPS) is 9.84. The van der Waals surface area contributed by atoms with Crippen molar-refractivity contribution in [2.24, 2.45) is 0 Å². The Kier molecular flexibility index (Phi) is 6.59. The van der Waals surface area contributed by atoms with Crippen molar-refractivity contribution in [3.63, 3.8) is 0 Å². The smallest absolute Gasteiger partial charge is 0.305 e. The Balaban J connectivity index is 2.35. The largest absolute Gasteiger partial charge is 0.469 e. The van der Waals surface area contributed by atoms with E-state index in [0.29, 0.717) is 29.5 Å². The number of methoxy groups -OCH3 is 1. The Labute approximate surface area is 123 Å². The molecule has 2 N–H and O–H groups in total. The molecule has 0 atom stereocenters. The van der Waals surface area contributed by atoms with E-state index in [-0.39, 0.29) is 5.97 Å². The third-order valence-corrected chi connectivity index (χ3v) is 3.00. The predicted molar refractivity (Wildman–Crippen MR) is 81.7 cm³/mol. The van der Waals surface area contributed by atoms with Crippen LogP contribution in [0.3, 0.4) is 0 Å². The Bertz CT molecular complexity index is 466. The van der Waals surface area contributed by atoms with E-state index >= 15 is 0 Å². The molecule has 1 rings (SSSR count). The fraction of sp³-hybridized carbons (Fsp3) is 0.385. The molecule has 104 valence electrons. The molecule has 0 radical (unpaired) electrons. The number of thiocarbonyl (C=S) groups is 1. The van der Waals surface area contributed by atoms with Gasteiger partial charge in [-0.1, -0.05) is 17.7 Å². The van der Waals surface area contributed by atoms with Crippen molar-refractivity contribution in [1.29, 1.82) is 0 Å². The van der Waals surface area contributed by atoms with Gasteiger partial charge in [0.05, 0.1) is 7.11 Å². The minimum absolute atomic E-state index is 0.216. The van der Waals surface area contributed by atoms with E-state index in [1.165, 1.54) is 7.11 Å². The van der Waals surface area contributed by atoms with E-state index in [9.17, 15) is 4.79 Å². The lowest BCUT2D eigenvalue weighted by molar-refractivity contribution is -0.140. The molecule has 1 aromatic rings. The first kappa shape index (κ1) is 15.7. The zero-order valence-electron chi connectivity index (χ0n) is 11.0. The Morgan fingerprint density at radius 2 is 2.21 bits per heavy atom. The highest BCUT2D eigenvalue weighted by Crippen LogP contribution is 2.19. The number of aryl methyl sites for hydroxylation is 1. The van der Waals surface area contributed by atoms with Gasteiger partial charge in [-0.15, -0.1) is 0 Å². The van der Waals surface area contributed by atoms with Gasteiger partial charge in [0.1, 0.15) is 0 Å². The maximum absolute atomic E-state index is 10.9. The number of benzene rings is 1. The summed E-state index contributed by atoms with van der Waals surface area (Å²) in [7, 11) is 1.38. The van der Waals surface area contributed by atoms with Crippen molar-refractivity contribution in [1.82, 2.24) is 5.32 Å². The lowest BCUT2D eigenvalue weighted by Gasteiger charge is -2.12. The number of carbonyl (C=O) groups is 1. The van der Waals surface area contributed by atoms with Gasteiger partial charge >= 0.3 is 5.97 Å². The molecule has 6 heteroatoms. The van der Waals surface area contributed by atoms with Crippen molar-refractivity contribution in [2.75, 3.05) is 19.0 Å². The van der Waals surface area contributed by atoms with Crippen LogP contribution in [0.15, 0.2) is 18.2 Å². The number of esters is 1. The number of hydrogen-bond donors (Lipinski definition) is 2. The van der Waals surface area contributed by atoms with Crippen LogP contribution < -0.4 is 10.6 Å². The zero-order valence-corrected chi connectivity index (χ0v) is 12.5. The topological polar surface area (TPSA) is 50.4 Å². The van der Waals surface area contributed by atoms with E-state index in [1.807, 2.05) is 25.1 Å². The van der Waals surface area contributed by atoms with Crippen LogP contribution in [0.1, 0.15) is 18.4 Å². The van der Waals surface area contributed by atoms with Gasteiger partial charge in [0.15, 0.2) is 5.11 Å². The molecule has 0 aliphatic heterocycles. The monoisotopic (exact) mass is 300 g/mol. The van der Waals surface area contributed by atoms with Gasteiger partial charge in [0, 0.05) is 23.7 Å². The summed E-state index contributed by atoms with van der Waals surface area (Å²) in [5.41, 5.74) is 1.93. The molecule has 0 spiro atoms. The summed E-state index contributed by atoms with van der Waals surface area (Å²) in [6.45, 7) is 2.58. The van der Waals surface area contributed by atoms with Crippen LogP contribution in [0, 0.1) is 6.92 Å². The number of nitrogens with one attached hydrogen (secondary N) is 2. The third kappa shape index (κ3) is 5.89. The molecular formula is C13H17ClN2O2S. The second-order valence-corrected chi connectivity index (χ2v) is 4.86. The molecule has 0 saturated heterocycles. The molecule has 0 amide bonds. The first-order valence-corrected chi connectivity index (χ1v) is 6.69. The second-order valence-electron chi connectivity index (χ2n) is 4.02. The van der Waals surface area contributed by atoms with Crippen LogP contribution in [-0.4, -0.2) is 24.7 Å². The van der Waals surface area contributed by atoms with Crippen LogP contribution in [0.4, 0.5) is 5.69 Å². The first-order valence-electron chi connectivity index (χ1n) is 5.90. The SMILES string of the molecule is COC(=O)CCCNC(=S)Nc1cc(Cl)ccc1C. The number of ether oxygens (including phenoxy) is 1.